The molecule has 2 aromatic rings. The van der Waals surface area contributed by atoms with Crippen molar-refractivity contribution < 1.29 is 9.53 Å². The van der Waals surface area contributed by atoms with Gasteiger partial charge in [-0.25, -0.2) is 14.8 Å². The Morgan fingerprint density at radius 1 is 1.15 bits per heavy atom. The van der Waals surface area contributed by atoms with Crippen LogP contribution in [0.15, 0.2) is 36.7 Å². The van der Waals surface area contributed by atoms with E-state index in [0.29, 0.717) is 17.6 Å². The molecule has 0 amide bonds. The molecule has 0 unspecified atom stereocenters. The second-order valence-electron chi connectivity index (χ2n) is 6.64. The van der Waals surface area contributed by atoms with Gasteiger partial charge in [0.25, 0.3) is 0 Å². The van der Waals surface area contributed by atoms with Crippen LogP contribution in [0.25, 0.3) is 0 Å². The minimum absolute atomic E-state index is 0.328. The Morgan fingerprint density at radius 3 is 2.31 bits per heavy atom. The third-order valence-electron chi connectivity index (χ3n) is 4.76. The van der Waals surface area contributed by atoms with Crippen molar-refractivity contribution in [3.05, 3.63) is 42.2 Å². The summed E-state index contributed by atoms with van der Waals surface area (Å²) in [5, 5.41) is 3.14. The number of hydrogen-bond acceptors (Lipinski definition) is 7. The summed E-state index contributed by atoms with van der Waals surface area (Å²) < 4.78 is 4.64. The molecule has 1 aromatic carbocycles. The summed E-state index contributed by atoms with van der Waals surface area (Å²) in [7, 11) is 5.64. The Kier molecular flexibility index (Phi) is 5.68. The molecule has 0 radical (unpaired) electrons. The Hall–Kier alpha value is -2.67. The van der Waals surface area contributed by atoms with Crippen LogP contribution in [0.4, 0.5) is 17.3 Å². The molecule has 1 saturated heterocycles. The van der Waals surface area contributed by atoms with E-state index in [0.717, 1.165) is 18.8 Å². The first-order valence-electron chi connectivity index (χ1n) is 8.75. The van der Waals surface area contributed by atoms with Crippen molar-refractivity contribution in [2.75, 3.05) is 44.5 Å². The molecule has 0 bridgehead atoms. The van der Waals surface area contributed by atoms with Gasteiger partial charge >= 0.3 is 5.97 Å². The number of ether oxygens (including phenoxy) is 1. The number of carbonyl (C=O) groups excluding carboxylic acids is 1. The number of aromatic nitrogens is 2. The lowest BCUT2D eigenvalue weighted by Crippen LogP contribution is -2.41. The standard InChI is InChI=1S/C19H25N5O2/c1-23(2)16-8-10-24(11-9-16)17-6-4-15(5-7-17)22-19-20-12-14(13-21-19)18(25)26-3/h4-7,12-13,16H,8-11H2,1-3H3,(H,20,21,22). The molecule has 0 atom stereocenters. The third kappa shape index (κ3) is 4.29. The van der Waals surface area contributed by atoms with Crippen molar-refractivity contribution in [3.8, 4) is 0 Å². The normalized spacial score (nSPS) is 15.2. The van der Waals surface area contributed by atoms with Crippen LogP contribution in [0.1, 0.15) is 23.2 Å². The van der Waals surface area contributed by atoms with Crippen molar-refractivity contribution in [3.63, 3.8) is 0 Å². The highest BCUT2D eigenvalue weighted by molar-refractivity contribution is 5.88. The summed E-state index contributed by atoms with van der Waals surface area (Å²) in [6, 6.07) is 8.94. The van der Waals surface area contributed by atoms with Crippen LogP contribution in [0.3, 0.4) is 0 Å². The van der Waals surface area contributed by atoms with E-state index >= 15 is 0 Å². The highest BCUT2D eigenvalue weighted by Gasteiger charge is 2.20. The van der Waals surface area contributed by atoms with Crippen LogP contribution in [0, 0.1) is 0 Å². The number of rotatable bonds is 5. The molecule has 7 nitrogen and oxygen atoms in total. The second-order valence-corrected chi connectivity index (χ2v) is 6.64. The number of benzene rings is 1. The fourth-order valence-electron chi connectivity index (χ4n) is 3.14. The average molecular weight is 355 g/mol. The molecule has 0 saturated carbocycles. The lowest BCUT2D eigenvalue weighted by molar-refractivity contribution is 0.0600. The van der Waals surface area contributed by atoms with Crippen LogP contribution in [-0.2, 0) is 4.74 Å². The van der Waals surface area contributed by atoms with Crippen LogP contribution in [0.2, 0.25) is 0 Å². The zero-order valence-electron chi connectivity index (χ0n) is 15.5. The monoisotopic (exact) mass is 355 g/mol. The maximum Gasteiger partial charge on any atom is 0.341 e. The number of piperidine rings is 1. The second kappa shape index (κ2) is 8.14. The molecule has 1 N–H and O–H groups in total. The van der Waals surface area contributed by atoms with Gasteiger partial charge in [0, 0.05) is 42.9 Å². The molecular formula is C19H25N5O2. The van der Waals surface area contributed by atoms with Crippen molar-refractivity contribution in [2.45, 2.75) is 18.9 Å². The maximum absolute atomic E-state index is 11.4. The van der Waals surface area contributed by atoms with E-state index in [4.69, 9.17) is 0 Å². The quantitative estimate of drug-likeness (QED) is 0.827. The summed E-state index contributed by atoms with van der Waals surface area (Å²) in [5.41, 5.74) is 2.46. The first kappa shape index (κ1) is 18.1. The van der Waals surface area contributed by atoms with Crippen LogP contribution >= 0.6 is 0 Å². The maximum atomic E-state index is 11.4. The minimum Gasteiger partial charge on any atom is -0.465 e. The average Bonchev–Trinajstić information content (AvgIpc) is 2.68. The predicted octanol–water partition coefficient (Wildman–Crippen LogP) is 2.54. The fraction of sp³-hybridized carbons (Fsp3) is 0.421. The molecule has 7 heteroatoms. The van der Waals surface area contributed by atoms with Gasteiger partial charge in [-0.05, 0) is 51.2 Å². The summed E-state index contributed by atoms with van der Waals surface area (Å²) >= 11 is 0. The van der Waals surface area contributed by atoms with Gasteiger partial charge in [-0.15, -0.1) is 0 Å². The van der Waals surface area contributed by atoms with Gasteiger partial charge in [-0.1, -0.05) is 0 Å². The Labute approximate surface area is 154 Å². The van der Waals surface area contributed by atoms with Gasteiger partial charge in [-0.3, -0.25) is 0 Å². The molecule has 3 rings (SSSR count). The van der Waals surface area contributed by atoms with Gasteiger partial charge < -0.3 is 19.9 Å². The summed E-state index contributed by atoms with van der Waals surface area (Å²) in [4.78, 5) is 24.4. The number of nitrogens with one attached hydrogen (secondary N) is 1. The molecular weight excluding hydrogens is 330 g/mol. The van der Waals surface area contributed by atoms with Gasteiger partial charge in [0.05, 0.1) is 12.7 Å². The number of carbonyl (C=O) groups is 1. The predicted molar refractivity (Wildman–Crippen MR) is 102 cm³/mol. The molecule has 0 aliphatic carbocycles. The molecule has 0 spiro atoms. The van der Waals surface area contributed by atoms with Gasteiger partial charge in [-0.2, -0.15) is 0 Å². The zero-order valence-corrected chi connectivity index (χ0v) is 15.5. The van der Waals surface area contributed by atoms with Crippen LogP contribution in [-0.4, -0.2) is 61.2 Å². The molecule has 26 heavy (non-hydrogen) atoms. The Balaban J connectivity index is 1.59. The molecule has 1 fully saturated rings. The van der Waals surface area contributed by atoms with E-state index in [9.17, 15) is 4.79 Å². The van der Waals surface area contributed by atoms with Crippen molar-refractivity contribution in [1.29, 1.82) is 0 Å². The molecule has 1 aromatic heterocycles. The summed E-state index contributed by atoms with van der Waals surface area (Å²) in [5.74, 6) is -0.00357. The van der Waals surface area contributed by atoms with E-state index in [1.165, 1.54) is 38.0 Å². The van der Waals surface area contributed by atoms with E-state index in [2.05, 4.69) is 56.0 Å². The topological polar surface area (TPSA) is 70.6 Å². The summed E-state index contributed by atoms with van der Waals surface area (Å²) in [6.45, 7) is 2.15. The van der Waals surface area contributed by atoms with Gasteiger partial charge in [0.1, 0.15) is 0 Å². The van der Waals surface area contributed by atoms with Gasteiger partial charge in [0.2, 0.25) is 5.95 Å². The molecule has 1 aliphatic rings. The number of nitrogens with zero attached hydrogens (tertiary/aromatic N) is 4. The van der Waals surface area contributed by atoms with E-state index in [1.807, 2.05) is 12.1 Å². The smallest absolute Gasteiger partial charge is 0.341 e. The minimum atomic E-state index is -0.445. The van der Waals surface area contributed by atoms with Crippen molar-refractivity contribution in [1.82, 2.24) is 14.9 Å². The highest BCUT2D eigenvalue weighted by Crippen LogP contribution is 2.24. The zero-order chi connectivity index (χ0) is 18.5. The van der Waals surface area contributed by atoms with Crippen LogP contribution in [0.5, 0.6) is 0 Å². The lowest BCUT2D eigenvalue weighted by atomic mass is 10.0. The number of methoxy groups -OCH3 is 1. The third-order valence-corrected chi connectivity index (χ3v) is 4.76. The lowest BCUT2D eigenvalue weighted by Gasteiger charge is -2.36. The Bertz CT molecular complexity index is 723. The van der Waals surface area contributed by atoms with E-state index in [1.54, 1.807) is 0 Å². The summed E-state index contributed by atoms with van der Waals surface area (Å²) in [6.07, 6.45) is 5.27. The fourth-order valence-corrected chi connectivity index (χ4v) is 3.14. The SMILES string of the molecule is COC(=O)c1cnc(Nc2ccc(N3CCC(N(C)C)CC3)cc2)nc1. The highest BCUT2D eigenvalue weighted by atomic mass is 16.5. The van der Waals surface area contributed by atoms with Crippen LogP contribution < -0.4 is 10.2 Å². The molecule has 2 heterocycles. The van der Waals surface area contributed by atoms with Gasteiger partial charge in [0.15, 0.2) is 0 Å². The van der Waals surface area contributed by atoms with Crippen molar-refractivity contribution in [2.24, 2.45) is 0 Å². The molecule has 1 aliphatic heterocycles. The first-order chi connectivity index (χ1) is 12.6. The molecule has 138 valence electrons. The first-order valence-corrected chi connectivity index (χ1v) is 8.75. The van der Waals surface area contributed by atoms with E-state index < -0.39 is 5.97 Å². The van der Waals surface area contributed by atoms with Crippen molar-refractivity contribution >= 4 is 23.3 Å². The Morgan fingerprint density at radius 2 is 1.77 bits per heavy atom. The number of anilines is 3. The van der Waals surface area contributed by atoms with E-state index in [-0.39, 0.29) is 0 Å². The largest absolute Gasteiger partial charge is 0.465 e. The number of esters is 1. The number of hydrogen-bond donors (Lipinski definition) is 1.